The lowest BCUT2D eigenvalue weighted by Crippen LogP contribution is -1.98. The Kier molecular flexibility index (Phi) is 5.89. The molecule has 0 amide bonds. The van der Waals surface area contributed by atoms with Gasteiger partial charge in [0.2, 0.25) is 0 Å². The van der Waals surface area contributed by atoms with Gasteiger partial charge in [-0.3, -0.25) is 0 Å². The van der Waals surface area contributed by atoms with Gasteiger partial charge in [0.15, 0.2) is 0 Å². The van der Waals surface area contributed by atoms with Gasteiger partial charge in [0.25, 0.3) is 0 Å². The van der Waals surface area contributed by atoms with E-state index in [1.165, 1.54) is 6.42 Å². The first kappa shape index (κ1) is 11.6. The molecule has 0 aliphatic carbocycles. The lowest BCUT2D eigenvalue weighted by atomic mass is 9.96. The maximum atomic E-state index is 3.24. The predicted octanol–water partition coefficient (Wildman–Crippen LogP) is 3.72. The van der Waals surface area contributed by atoms with E-state index in [9.17, 15) is 0 Å². The van der Waals surface area contributed by atoms with Gasteiger partial charge in [-0.15, -0.1) is 11.8 Å². The molecule has 0 rings (SSSR count). The van der Waals surface area contributed by atoms with Gasteiger partial charge < -0.3 is 0 Å². The average molecular weight is 166 g/mol. The normalized spacial score (nSPS) is 12.9. The summed E-state index contributed by atoms with van der Waals surface area (Å²) < 4.78 is 0. The van der Waals surface area contributed by atoms with Gasteiger partial charge in [0.05, 0.1) is 0 Å². The third-order valence-electron chi connectivity index (χ3n) is 1.72. The molecule has 0 radical (unpaired) electrons. The molecule has 0 saturated heterocycles. The molecule has 12 heavy (non-hydrogen) atoms. The number of rotatable bonds is 3. The zero-order valence-corrected chi connectivity index (χ0v) is 9.15. The van der Waals surface area contributed by atoms with Gasteiger partial charge in [-0.1, -0.05) is 34.6 Å². The molecule has 0 heteroatoms. The van der Waals surface area contributed by atoms with E-state index < -0.39 is 0 Å². The van der Waals surface area contributed by atoms with Crippen molar-refractivity contribution in [2.75, 3.05) is 0 Å². The van der Waals surface area contributed by atoms with E-state index in [0.29, 0.717) is 5.92 Å². The summed E-state index contributed by atoms with van der Waals surface area (Å²) in [5.41, 5.74) is 0. The zero-order valence-electron chi connectivity index (χ0n) is 9.15. The van der Waals surface area contributed by atoms with E-state index in [-0.39, 0.29) is 0 Å². The largest absolute Gasteiger partial charge is 0.103 e. The fourth-order valence-corrected chi connectivity index (χ4v) is 1.33. The zero-order chi connectivity index (χ0) is 9.56. The second-order valence-electron chi connectivity index (χ2n) is 4.41. The molecule has 0 aliphatic heterocycles. The Hall–Kier alpha value is -0.440. The molecule has 0 nitrogen and oxygen atoms in total. The van der Waals surface area contributed by atoms with Gasteiger partial charge in [0, 0.05) is 12.3 Å². The highest BCUT2D eigenvalue weighted by atomic mass is 14.1. The molecule has 0 saturated carbocycles. The van der Waals surface area contributed by atoms with Crippen LogP contribution in [0.2, 0.25) is 0 Å². The molecular weight excluding hydrogens is 144 g/mol. The molecule has 0 spiro atoms. The van der Waals surface area contributed by atoms with Crippen LogP contribution in [0, 0.1) is 29.6 Å². The first-order chi connectivity index (χ1) is 5.52. The van der Waals surface area contributed by atoms with Crippen molar-refractivity contribution in [1.82, 2.24) is 0 Å². The second-order valence-corrected chi connectivity index (χ2v) is 4.41. The smallest absolute Gasteiger partial charge is 0.0146 e. The van der Waals surface area contributed by atoms with Crippen LogP contribution >= 0.6 is 0 Å². The van der Waals surface area contributed by atoms with E-state index in [0.717, 1.165) is 18.3 Å². The minimum Gasteiger partial charge on any atom is -0.103 e. The minimum atomic E-state index is 0.524. The van der Waals surface area contributed by atoms with E-state index in [1.807, 2.05) is 0 Å². The maximum absolute atomic E-state index is 3.24. The summed E-state index contributed by atoms with van der Waals surface area (Å²) in [7, 11) is 0. The summed E-state index contributed by atoms with van der Waals surface area (Å²) in [5, 5.41) is 0. The SMILES string of the molecule is CC(C)C#CCC(C)CC(C)C. The summed E-state index contributed by atoms with van der Waals surface area (Å²) in [4.78, 5) is 0. The van der Waals surface area contributed by atoms with Crippen LogP contribution in [0.4, 0.5) is 0 Å². The van der Waals surface area contributed by atoms with Crippen molar-refractivity contribution in [3.05, 3.63) is 0 Å². The van der Waals surface area contributed by atoms with Crippen LogP contribution in [0.3, 0.4) is 0 Å². The minimum absolute atomic E-state index is 0.524. The molecule has 70 valence electrons. The Labute approximate surface area is 77.8 Å². The monoisotopic (exact) mass is 166 g/mol. The van der Waals surface area contributed by atoms with Crippen molar-refractivity contribution in [3.63, 3.8) is 0 Å². The van der Waals surface area contributed by atoms with Crippen molar-refractivity contribution in [2.24, 2.45) is 17.8 Å². The Bertz CT molecular complexity index is 155. The van der Waals surface area contributed by atoms with Crippen LogP contribution in [0.25, 0.3) is 0 Å². The van der Waals surface area contributed by atoms with Gasteiger partial charge in [0.1, 0.15) is 0 Å². The highest BCUT2D eigenvalue weighted by Gasteiger charge is 2.02. The van der Waals surface area contributed by atoms with Gasteiger partial charge in [-0.25, -0.2) is 0 Å². The van der Waals surface area contributed by atoms with Crippen LogP contribution in [-0.2, 0) is 0 Å². The molecular formula is C12H22. The standard InChI is InChI=1S/C12H22/c1-10(2)7-6-8-12(5)9-11(3)4/h10-12H,8-9H2,1-5H3. The van der Waals surface area contributed by atoms with Crippen molar-refractivity contribution in [2.45, 2.75) is 47.5 Å². The lowest BCUT2D eigenvalue weighted by molar-refractivity contribution is 0.447. The fourth-order valence-electron chi connectivity index (χ4n) is 1.33. The van der Waals surface area contributed by atoms with Crippen LogP contribution in [0.5, 0.6) is 0 Å². The fraction of sp³-hybridized carbons (Fsp3) is 0.833. The molecule has 0 aromatic carbocycles. The third kappa shape index (κ3) is 7.66. The Morgan fingerprint density at radius 1 is 1.00 bits per heavy atom. The Balaban J connectivity index is 3.58. The molecule has 0 aromatic rings. The summed E-state index contributed by atoms with van der Waals surface area (Å²) >= 11 is 0. The van der Waals surface area contributed by atoms with E-state index >= 15 is 0 Å². The maximum Gasteiger partial charge on any atom is 0.0146 e. The van der Waals surface area contributed by atoms with Crippen LogP contribution in [-0.4, -0.2) is 0 Å². The van der Waals surface area contributed by atoms with Crippen LogP contribution in [0.15, 0.2) is 0 Å². The van der Waals surface area contributed by atoms with E-state index in [4.69, 9.17) is 0 Å². The highest BCUT2D eigenvalue weighted by Crippen LogP contribution is 2.13. The molecule has 0 fully saturated rings. The van der Waals surface area contributed by atoms with Crippen LogP contribution in [0.1, 0.15) is 47.5 Å². The summed E-state index contributed by atoms with van der Waals surface area (Å²) in [5.74, 6) is 8.53. The summed E-state index contributed by atoms with van der Waals surface area (Å²) in [6, 6.07) is 0. The van der Waals surface area contributed by atoms with Crippen molar-refractivity contribution in [3.8, 4) is 11.8 Å². The summed E-state index contributed by atoms with van der Waals surface area (Å²) in [6.45, 7) is 11.1. The predicted molar refractivity (Wildman–Crippen MR) is 55.9 cm³/mol. The van der Waals surface area contributed by atoms with Crippen molar-refractivity contribution >= 4 is 0 Å². The lowest BCUT2D eigenvalue weighted by Gasteiger charge is -2.09. The first-order valence-corrected chi connectivity index (χ1v) is 5.00. The van der Waals surface area contributed by atoms with Crippen LogP contribution < -0.4 is 0 Å². The first-order valence-electron chi connectivity index (χ1n) is 5.00. The molecule has 0 bridgehead atoms. The summed E-state index contributed by atoms with van der Waals surface area (Å²) in [6.07, 6.45) is 2.36. The van der Waals surface area contributed by atoms with Gasteiger partial charge >= 0.3 is 0 Å². The molecule has 0 aliphatic rings. The van der Waals surface area contributed by atoms with Gasteiger partial charge in [-0.2, -0.15) is 0 Å². The molecule has 1 unspecified atom stereocenters. The molecule has 0 heterocycles. The molecule has 0 aromatic heterocycles. The highest BCUT2D eigenvalue weighted by molar-refractivity contribution is 5.01. The molecule has 1 atom stereocenters. The van der Waals surface area contributed by atoms with Crippen molar-refractivity contribution in [1.29, 1.82) is 0 Å². The average Bonchev–Trinajstić information content (AvgIpc) is 1.84. The van der Waals surface area contributed by atoms with E-state index in [1.54, 1.807) is 0 Å². The third-order valence-corrected chi connectivity index (χ3v) is 1.72. The second kappa shape index (κ2) is 6.12. The van der Waals surface area contributed by atoms with E-state index in [2.05, 4.69) is 46.5 Å². The molecule has 0 N–H and O–H groups in total. The quantitative estimate of drug-likeness (QED) is 0.561. The van der Waals surface area contributed by atoms with Gasteiger partial charge in [-0.05, 0) is 18.3 Å². The Morgan fingerprint density at radius 2 is 1.58 bits per heavy atom. The topological polar surface area (TPSA) is 0 Å². The number of hydrogen-bond donors (Lipinski definition) is 0. The number of hydrogen-bond acceptors (Lipinski definition) is 0. The van der Waals surface area contributed by atoms with Crippen molar-refractivity contribution < 1.29 is 0 Å². The Morgan fingerprint density at radius 3 is 2.00 bits per heavy atom.